The number of rotatable bonds is 8. The molecule has 0 unspecified atom stereocenters. The number of aliphatic hydroxyl groups is 2. The summed E-state index contributed by atoms with van der Waals surface area (Å²) in [7, 11) is 0. The number of benzene rings is 1. The van der Waals surface area contributed by atoms with E-state index in [9.17, 15) is 15.0 Å². The number of hydrogen-bond donors (Lipinski definition) is 3. The summed E-state index contributed by atoms with van der Waals surface area (Å²) in [6, 6.07) is 9.34. The molecule has 0 radical (unpaired) electrons. The number of aromatic nitrogens is 2. The van der Waals surface area contributed by atoms with Gasteiger partial charge in [-0.3, -0.25) is 4.79 Å². The average Bonchev–Trinajstić information content (AvgIpc) is 2.59. The lowest BCUT2D eigenvalue weighted by molar-refractivity contribution is 0.170. The summed E-state index contributed by atoms with van der Waals surface area (Å²) in [5, 5.41) is 25.9. The van der Waals surface area contributed by atoms with Crippen LogP contribution in [0.1, 0.15) is 25.0 Å². The van der Waals surface area contributed by atoms with Crippen molar-refractivity contribution in [2.45, 2.75) is 39.9 Å². The Hall–Kier alpha value is -1.73. The molecule has 7 heteroatoms. The molecule has 2 aromatic rings. The van der Waals surface area contributed by atoms with Gasteiger partial charge in [0.15, 0.2) is 0 Å². The van der Waals surface area contributed by atoms with E-state index in [1.54, 1.807) is 6.07 Å². The monoisotopic (exact) mass is 381 g/mol. The second-order valence-corrected chi connectivity index (χ2v) is 6.74. The van der Waals surface area contributed by atoms with Crippen LogP contribution >= 0.6 is 12.4 Å². The lowest BCUT2D eigenvalue weighted by Crippen LogP contribution is -2.38. The van der Waals surface area contributed by atoms with Crippen LogP contribution in [0.5, 0.6) is 0 Å². The predicted octanol–water partition coefficient (Wildman–Crippen LogP) is 1.74. The molecule has 0 amide bonds. The quantitative estimate of drug-likeness (QED) is 0.648. The summed E-state index contributed by atoms with van der Waals surface area (Å²) in [4.78, 5) is 12.7. The van der Waals surface area contributed by atoms with Crippen LogP contribution in [0.3, 0.4) is 0 Å². The zero-order valence-corrected chi connectivity index (χ0v) is 16.3. The molecule has 0 aliphatic carbocycles. The fraction of sp³-hybridized carbons (Fsp3) is 0.474. The number of halogens is 1. The minimum absolute atomic E-state index is 0. The Kier molecular flexibility index (Phi) is 8.95. The smallest absolute Gasteiger partial charge is 0.271 e. The Labute approximate surface area is 160 Å². The van der Waals surface area contributed by atoms with E-state index in [1.807, 2.05) is 45.0 Å². The van der Waals surface area contributed by atoms with Crippen molar-refractivity contribution in [2.24, 2.45) is 5.92 Å². The Balaban J connectivity index is 0.00000338. The van der Waals surface area contributed by atoms with E-state index in [0.29, 0.717) is 18.0 Å². The van der Waals surface area contributed by atoms with Crippen molar-refractivity contribution in [3.63, 3.8) is 0 Å². The highest BCUT2D eigenvalue weighted by Gasteiger charge is 2.13. The van der Waals surface area contributed by atoms with Gasteiger partial charge in [0, 0.05) is 24.2 Å². The Bertz CT molecular complexity index is 741. The van der Waals surface area contributed by atoms with Gasteiger partial charge in [-0.15, -0.1) is 12.4 Å². The first-order valence-corrected chi connectivity index (χ1v) is 8.57. The normalized spacial score (nSPS) is 11.0. The van der Waals surface area contributed by atoms with Crippen molar-refractivity contribution in [1.29, 1.82) is 0 Å². The van der Waals surface area contributed by atoms with Gasteiger partial charge in [0.1, 0.15) is 0 Å². The molecule has 1 aromatic heterocycles. The van der Waals surface area contributed by atoms with E-state index in [1.165, 1.54) is 4.68 Å². The first kappa shape index (κ1) is 22.3. The number of nitrogens with zero attached hydrogens (tertiary/aromatic N) is 2. The van der Waals surface area contributed by atoms with Gasteiger partial charge in [-0.05, 0) is 18.9 Å². The topological polar surface area (TPSA) is 87.4 Å². The number of aryl methyl sites for hydroxylation is 1. The minimum Gasteiger partial charge on any atom is -0.395 e. The summed E-state index contributed by atoms with van der Waals surface area (Å²) in [6.45, 7) is 6.53. The van der Waals surface area contributed by atoms with Gasteiger partial charge in [0.05, 0.1) is 24.9 Å². The van der Waals surface area contributed by atoms with Gasteiger partial charge in [0.2, 0.25) is 0 Å². The first-order valence-electron chi connectivity index (χ1n) is 8.57. The Morgan fingerprint density at radius 3 is 2.31 bits per heavy atom. The largest absolute Gasteiger partial charge is 0.395 e. The SMILES string of the molecule is Cc1ccc(-c2cc(CNC(CO)CO)c(=O)n(CC(C)C)n2)cc1.Cl. The van der Waals surface area contributed by atoms with E-state index in [0.717, 1.165) is 16.8 Å². The van der Waals surface area contributed by atoms with E-state index in [2.05, 4.69) is 10.4 Å². The molecule has 0 fully saturated rings. The van der Waals surface area contributed by atoms with E-state index < -0.39 is 6.04 Å². The van der Waals surface area contributed by atoms with Crippen LogP contribution in [-0.4, -0.2) is 39.2 Å². The maximum Gasteiger partial charge on any atom is 0.271 e. The number of aliphatic hydroxyl groups excluding tert-OH is 2. The van der Waals surface area contributed by atoms with E-state index >= 15 is 0 Å². The van der Waals surface area contributed by atoms with Crippen LogP contribution < -0.4 is 10.9 Å². The molecule has 26 heavy (non-hydrogen) atoms. The first-order chi connectivity index (χ1) is 11.9. The Morgan fingerprint density at radius 2 is 1.77 bits per heavy atom. The Morgan fingerprint density at radius 1 is 1.15 bits per heavy atom. The van der Waals surface area contributed by atoms with Crippen molar-refractivity contribution in [3.05, 3.63) is 51.8 Å². The molecular weight excluding hydrogens is 354 g/mol. The molecule has 0 spiro atoms. The maximum atomic E-state index is 12.7. The molecule has 144 valence electrons. The lowest BCUT2D eigenvalue weighted by Gasteiger charge is -2.16. The van der Waals surface area contributed by atoms with E-state index in [-0.39, 0.29) is 37.7 Å². The van der Waals surface area contributed by atoms with Gasteiger partial charge in [-0.2, -0.15) is 5.10 Å². The summed E-state index contributed by atoms with van der Waals surface area (Å²) < 4.78 is 1.50. The van der Waals surface area contributed by atoms with Crippen LogP contribution in [0.25, 0.3) is 11.3 Å². The van der Waals surface area contributed by atoms with Crippen molar-refractivity contribution in [3.8, 4) is 11.3 Å². The maximum absolute atomic E-state index is 12.7. The molecule has 0 saturated heterocycles. The highest BCUT2D eigenvalue weighted by atomic mass is 35.5. The summed E-state index contributed by atoms with van der Waals surface area (Å²) in [5.74, 6) is 0.293. The molecule has 3 N–H and O–H groups in total. The van der Waals surface area contributed by atoms with Gasteiger partial charge < -0.3 is 15.5 Å². The molecular formula is C19H28ClN3O3. The molecule has 6 nitrogen and oxygen atoms in total. The molecule has 1 heterocycles. The second kappa shape index (κ2) is 10.4. The molecule has 0 bridgehead atoms. The summed E-state index contributed by atoms with van der Waals surface area (Å²) >= 11 is 0. The summed E-state index contributed by atoms with van der Waals surface area (Å²) in [6.07, 6.45) is 0. The van der Waals surface area contributed by atoms with Gasteiger partial charge in [0.25, 0.3) is 5.56 Å². The third kappa shape index (κ3) is 5.92. The van der Waals surface area contributed by atoms with Crippen molar-refractivity contribution >= 4 is 12.4 Å². The van der Waals surface area contributed by atoms with Gasteiger partial charge in [-0.25, -0.2) is 4.68 Å². The van der Waals surface area contributed by atoms with Crippen LogP contribution in [0.4, 0.5) is 0 Å². The third-order valence-corrected chi connectivity index (χ3v) is 3.96. The standard InChI is InChI=1S/C19H27N3O3.ClH/c1-13(2)10-22-19(25)16(9-20-17(11-23)12-24)8-18(21-22)15-6-4-14(3)5-7-15;/h4-8,13,17,20,23-24H,9-12H2,1-3H3;1H. The molecule has 0 atom stereocenters. The predicted molar refractivity (Wildman–Crippen MR) is 106 cm³/mol. The highest BCUT2D eigenvalue weighted by molar-refractivity contribution is 5.85. The van der Waals surface area contributed by atoms with E-state index in [4.69, 9.17) is 0 Å². The van der Waals surface area contributed by atoms with Crippen LogP contribution in [-0.2, 0) is 13.1 Å². The van der Waals surface area contributed by atoms with Crippen molar-refractivity contribution < 1.29 is 10.2 Å². The minimum atomic E-state index is -0.450. The zero-order valence-electron chi connectivity index (χ0n) is 15.5. The second-order valence-electron chi connectivity index (χ2n) is 6.74. The molecule has 1 aromatic carbocycles. The number of nitrogens with one attached hydrogen (secondary N) is 1. The van der Waals surface area contributed by atoms with Crippen LogP contribution in [0.15, 0.2) is 35.1 Å². The van der Waals surface area contributed by atoms with Crippen molar-refractivity contribution in [1.82, 2.24) is 15.1 Å². The van der Waals surface area contributed by atoms with Gasteiger partial charge in [-0.1, -0.05) is 43.7 Å². The van der Waals surface area contributed by atoms with Crippen LogP contribution in [0, 0.1) is 12.8 Å². The summed E-state index contributed by atoms with van der Waals surface area (Å²) in [5.41, 5.74) is 3.27. The van der Waals surface area contributed by atoms with Crippen LogP contribution in [0.2, 0.25) is 0 Å². The lowest BCUT2D eigenvalue weighted by atomic mass is 10.1. The van der Waals surface area contributed by atoms with Gasteiger partial charge >= 0.3 is 0 Å². The van der Waals surface area contributed by atoms with Crippen molar-refractivity contribution in [2.75, 3.05) is 13.2 Å². The zero-order chi connectivity index (χ0) is 18.4. The molecule has 0 aliphatic rings. The fourth-order valence-electron chi connectivity index (χ4n) is 2.50. The highest BCUT2D eigenvalue weighted by Crippen LogP contribution is 2.17. The third-order valence-electron chi connectivity index (χ3n) is 3.96. The molecule has 0 aliphatic heterocycles. The average molecular weight is 382 g/mol. The molecule has 2 rings (SSSR count). The molecule has 0 saturated carbocycles. The fourth-order valence-corrected chi connectivity index (χ4v) is 2.50. The number of hydrogen-bond acceptors (Lipinski definition) is 5.